The average Bonchev–Trinajstić information content (AvgIpc) is 2.90. The Labute approximate surface area is 133 Å². The number of nitrogens with one attached hydrogen (secondary N) is 1. The van der Waals surface area contributed by atoms with Crippen molar-refractivity contribution < 1.29 is 14.0 Å². The smallest absolute Gasteiger partial charge is 0.287 e. The van der Waals surface area contributed by atoms with Gasteiger partial charge in [-0.3, -0.25) is 9.59 Å². The molecule has 0 fully saturated rings. The van der Waals surface area contributed by atoms with Gasteiger partial charge in [-0.05, 0) is 30.7 Å². The molecule has 0 saturated carbocycles. The Bertz CT molecular complexity index is 879. The van der Waals surface area contributed by atoms with E-state index in [0.29, 0.717) is 23.5 Å². The molecule has 0 saturated heterocycles. The Morgan fingerprint density at radius 3 is 2.43 bits per heavy atom. The fourth-order valence-corrected chi connectivity index (χ4v) is 2.44. The lowest BCUT2D eigenvalue weighted by Crippen LogP contribution is -2.23. The Kier molecular flexibility index (Phi) is 3.85. The molecule has 0 unspecified atom stereocenters. The van der Waals surface area contributed by atoms with E-state index in [1.165, 1.54) is 0 Å². The number of hydrogen-bond acceptors (Lipinski definition) is 3. The van der Waals surface area contributed by atoms with Gasteiger partial charge in [0.15, 0.2) is 5.76 Å². The van der Waals surface area contributed by atoms with Crippen molar-refractivity contribution in [3.63, 3.8) is 0 Å². The number of fused-ring (bicyclic) bond motifs is 1. The monoisotopic (exact) mass is 308 g/mol. The molecule has 0 aliphatic heterocycles. The standard InChI is InChI=1S/C18H16N2O3/c1-11-14-4-2-3-5-15(14)23-16(11)18(22)20-10-12-6-8-13(9-7-12)17(19)21/h2-9H,10H2,1H3,(H2,19,21)(H,20,22). The number of nitrogens with two attached hydrogens (primary N) is 1. The van der Waals surface area contributed by atoms with Gasteiger partial charge >= 0.3 is 0 Å². The maximum atomic E-state index is 12.3. The molecule has 3 N–H and O–H groups in total. The summed E-state index contributed by atoms with van der Waals surface area (Å²) in [7, 11) is 0. The van der Waals surface area contributed by atoms with Crippen LogP contribution in [0.25, 0.3) is 11.0 Å². The molecule has 1 aromatic heterocycles. The molecule has 0 atom stereocenters. The number of benzene rings is 2. The highest BCUT2D eigenvalue weighted by molar-refractivity contribution is 5.98. The number of primary amides is 1. The van der Waals surface area contributed by atoms with E-state index < -0.39 is 5.91 Å². The first-order valence-electron chi connectivity index (χ1n) is 7.21. The van der Waals surface area contributed by atoms with Crippen molar-refractivity contribution in [2.45, 2.75) is 13.5 Å². The van der Waals surface area contributed by atoms with Crippen molar-refractivity contribution in [1.29, 1.82) is 0 Å². The van der Waals surface area contributed by atoms with Gasteiger partial charge in [0.1, 0.15) is 5.58 Å². The highest BCUT2D eigenvalue weighted by atomic mass is 16.3. The van der Waals surface area contributed by atoms with Gasteiger partial charge in [0.2, 0.25) is 5.91 Å². The van der Waals surface area contributed by atoms with E-state index in [0.717, 1.165) is 16.5 Å². The van der Waals surface area contributed by atoms with E-state index in [9.17, 15) is 9.59 Å². The zero-order valence-electron chi connectivity index (χ0n) is 12.6. The van der Waals surface area contributed by atoms with Crippen LogP contribution in [0.3, 0.4) is 0 Å². The Morgan fingerprint density at radius 1 is 1.09 bits per heavy atom. The molecule has 2 aromatic carbocycles. The summed E-state index contributed by atoms with van der Waals surface area (Å²) >= 11 is 0. The molecule has 0 spiro atoms. The third-order valence-electron chi connectivity index (χ3n) is 3.74. The van der Waals surface area contributed by atoms with Gasteiger partial charge in [-0.1, -0.05) is 30.3 Å². The summed E-state index contributed by atoms with van der Waals surface area (Å²) < 4.78 is 5.63. The first kappa shape index (κ1) is 14.8. The second kappa shape index (κ2) is 5.96. The minimum absolute atomic E-state index is 0.266. The molecule has 0 aliphatic rings. The van der Waals surface area contributed by atoms with E-state index in [4.69, 9.17) is 10.2 Å². The number of para-hydroxylation sites is 1. The number of carbonyl (C=O) groups is 2. The maximum absolute atomic E-state index is 12.3. The molecule has 0 radical (unpaired) electrons. The summed E-state index contributed by atoms with van der Waals surface area (Å²) in [5.41, 5.74) is 8.02. The van der Waals surface area contributed by atoms with Crippen LogP contribution in [0.4, 0.5) is 0 Å². The largest absolute Gasteiger partial charge is 0.451 e. The Morgan fingerprint density at radius 2 is 1.78 bits per heavy atom. The number of amides is 2. The maximum Gasteiger partial charge on any atom is 0.287 e. The molecule has 5 nitrogen and oxygen atoms in total. The summed E-state index contributed by atoms with van der Waals surface area (Å²) in [6, 6.07) is 14.3. The summed E-state index contributed by atoms with van der Waals surface area (Å²) in [6.07, 6.45) is 0. The third-order valence-corrected chi connectivity index (χ3v) is 3.74. The quantitative estimate of drug-likeness (QED) is 0.777. The van der Waals surface area contributed by atoms with Gasteiger partial charge < -0.3 is 15.5 Å². The molecule has 116 valence electrons. The molecule has 3 rings (SSSR count). The summed E-state index contributed by atoms with van der Waals surface area (Å²) in [6.45, 7) is 2.21. The number of carbonyl (C=O) groups excluding carboxylic acids is 2. The second-order valence-corrected chi connectivity index (χ2v) is 5.30. The zero-order chi connectivity index (χ0) is 16.4. The van der Waals surface area contributed by atoms with Crippen molar-refractivity contribution in [1.82, 2.24) is 5.32 Å². The third kappa shape index (κ3) is 2.94. The van der Waals surface area contributed by atoms with Crippen LogP contribution >= 0.6 is 0 Å². The Hall–Kier alpha value is -3.08. The lowest BCUT2D eigenvalue weighted by molar-refractivity contribution is 0.0923. The topological polar surface area (TPSA) is 85.3 Å². The van der Waals surface area contributed by atoms with Gasteiger partial charge in [-0.15, -0.1) is 0 Å². The van der Waals surface area contributed by atoms with Crippen LogP contribution in [0, 0.1) is 6.92 Å². The molecule has 0 bridgehead atoms. The SMILES string of the molecule is Cc1c(C(=O)NCc2ccc(C(N)=O)cc2)oc2ccccc12. The number of hydrogen-bond donors (Lipinski definition) is 2. The molecule has 1 heterocycles. The first-order valence-corrected chi connectivity index (χ1v) is 7.21. The Balaban J connectivity index is 1.73. The summed E-state index contributed by atoms with van der Waals surface area (Å²) in [5, 5.41) is 3.75. The van der Waals surface area contributed by atoms with E-state index >= 15 is 0 Å². The molecule has 2 amide bonds. The molecule has 5 heteroatoms. The van der Waals surface area contributed by atoms with Gasteiger partial charge in [0.05, 0.1) is 0 Å². The lowest BCUT2D eigenvalue weighted by atomic mass is 10.1. The van der Waals surface area contributed by atoms with Crippen molar-refractivity contribution in [2.24, 2.45) is 5.73 Å². The van der Waals surface area contributed by atoms with Crippen LogP contribution in [0.5, 0.6) is 0 Å². The predicted molar refractivity (Wildman–Crippen MR) is 87.1 cm³/mol. The van der Waals surface area contributed by atoms with E-state index in [1.54, 1.807) is 24.3 Å². The number of rotatable bonds is 4. The van der Waals surface area contributed by atoms with Crippen molar-refractivity contribution in [2.75, 3.05) is 0 Å². The highest BCUT2D eigenvalue weighted by Crippen LogP contribution is 2.24. The van der Waals surface area contributed by atoms with Crippen LogP contribution in [0.15, 0.2) is 52.9 Å². The molecule has 0 aliphatic carbocycles. The minimum atomic E-state index is -0.474. The van der Waals surface area contributed by atoms with Gasteiger partial charge in [-0.25, -0.2) is 0 Å². The normalized spacial score (nSPS) is 10.7. The van der Waals surface area contributed by atoms with E-state index in [-0.39, 0.29) is 5.91 Å². The number of aryl methyl sites for hydroxylation is 1. The summed E-state index contributed by atoms with van der Waals surface area (Å²) in [5.74, 6) is -0.420. The molecule has 3 aromatic rings. The van der Waals surface area contributed by atoms with Crippen LogP contribution < -0.4 is 11.1 Å². The van der Waals surface area contributed by atoms with Crippen LogP contribution in [-0.4, -0.2) is 11.8 Å². The van der Waals surface area contributed by atoms with E-state index in [1.807, 2.05) is 31.2 Å². The fourth-order valence-electron chi connectivity index (χ4n) is 2.44. The fraction of sp³-hybridized carbons (Fsp3) is 0.111. The van der Waals surface area contributed by atoms with Crippen LogP contribution in [-0.2, 0) is 6.54 Å². The predicted octanol–water partition coefficient (Wildman–Crippen LogP) is 2.77. The molecular formula is C18H16N2O3. The van der Waals surface area contributed by atoms with Crippen LogP contribution in [0.1, 0.15) is 32.0 Å². The molecule has 23 heavy (non-hydrogen) atoms. The lowest BCUT2D eigenvalue weighted by Gasteiger charge is -2.05. The first-order chi connectivity index (χ1) is 11.1. The number of furan rings is 1. The van der Waals surface area contributed by atoms with Gasteiger partial charge in [0.25, 0.3) is 5.91 Å². The van der Waals surface area contributed by atoms with Gasteiger partial charge in [-0.2, -0.15) is 0 Å². The van der Waals surface area contributed by atoms with Crippen LogP contribution in [0.2, 0.25) is 0 Å². The average molecular weight is 308 g/mol. The molecular weight excluding hydrogens is 292 g/mol. The minimum Gasteiger partial charge on any atom is -0.451 e. The van der Waals surface area contributed by atoms with E-state index in [2.05, 4.69) is 5.32 Å². The highest BCUT2D eigenvalue weighted by Gasteiger charge is 2.16. The van der Waals surface area contributed by atoms with Crippen molar-refractivity contribution in [3.8, 4) is 0 Å². The van der Waals surface area contributed by atoms with Gasteiger partial charge in [0, 0.05) is 23.1 Å². The second-order valence-electron chi connectivity index (χ2n) is 5.30. The van der Waals surface area contributed by atoms with Crippen molar-refractivity contribution >= 4 is 22.8 Å². The summed E-state index contributed by atoms with van der Waals surface area (Å²) in [4.78, 5) is 23.3. The van der Waals surface area contributed by atoms with Crippen molar-refractivity contribution in [3.05, 3.63) is 71.0 Å². The zero-order valence-corrected chi connectivity index (χ0v) is 12.6.